The number of hydrogen-bond donors (Lipinski definition) is 1. The van der Waals surface area contributed by atoms with Crippen molar-refractivity contribution in [3.63, 3.8) is 0 Å². The van der Waals surface area contributed by atoms with E-state index in [1.54, 1.807) is 0 Å². The van der Waals surface area contributed by atoms with Gasteiger partial charge in [0.1, 0.15) is 0 Å². The smallest absolute Gasteiger partial charge is 0.0334 e. The summed E-state index contributed by atoms with van der Waals surface area (Å²) in [6.45, 7) is 8.25. The van der Waals surface area contributed by atoms with E-state index in [0.29, 0.717) is 5.54 Å². The van der Waals surface area contributed by atoms with E-state index in [4.69, 9.17) is 5.73 Å². The molecule has 2 fully saturated rings. The van der Waals surface area contributed by atoms with Gasteiger partial charge in [-0.05, 0) is 50.6 Å². The summed E-state index contributed by atoms with van der Waals surface area (Å²) < 4.78 is 0. The van der Waals surface area contributed by atoms with Crippen molar-refractivity contribution in [3.05, 3.63) is 0 Å². The van der Waals surface area contributed by atoms with Gasteiger partial charge < -0.3 is 5.73 Å². The first-order chi connectivity index (χ1) is 9.18. The predicted octanol–water partition coefficient (Wildman–Crippen LogP) is 3.80. The molecule has 0 spiro atoms. The Kier molecular flexibility index (Phi) is 5.70. The highest BCUT2D eigenvalue weighted by atomic mass is 15.2. The van der Waals surface area contributed by atoms with Crippen LogP contribution in [-0.2, 0) is 0 Å². The number of nitrogens with two attached hydrogens (primary N) is 1. The lowest BCUT2D eigenvalue weighted by atomic mass is 9.70. The zero-order valence-corrected chi connectivity index (χ0v) is 13.2. The fourth-order valence-electron chi connectivity index (χ4n) is 4.28. The van der Waals surface area contributed by atoms with E-state index < -0.39 is 0 Å². The van der Waals surface area contributed by atoms with Crippen LogP contribution in [0.2, 0.25) is 0 Å². The lowest BCUT2D eigenvalue weighted by Gasteiger charge is -2.49. The van der Waals surface area contributed by atoms with E-state index in [9.17, 15) is 0 Å². The minimum absolute atomic E-state index is 0.338. The number of nitrogens with zero attached hydrogens (tertiary/aromatic N) is 1. The molecule has 1 heterocycles. The summed E-state index contributed by atoms with van der Waals surface area (Å²) in [5.74, 6) is 1.71. The molecule has 2 unspecified atom stereocenters. The standard InChI is InChI=1S/C17H34N2/c1-15(2)16-9-8-10-17(13-16,14-18)19-11-6-4-3-5-7-12-19/h15-16H,3-14,18H2,1-2H3. The summed E-state index contributed by atoms with van der Waals surface area (Å²) in [4.78, 5) is 2.79. The molecule has 2 heteroatoms. The van der Waals surface area contributed by atoms with Gasteiger partial charge in [-0.15, -0.1) is 0 Å². The van der Waals surface area contributed by atoms with Gasteiger partial charge >= 0.3 is 0 Å². The highest BCUT2D eigenvalue weighted by Crippen LogP contribution is 2.40. The third-order valence-corrected chi connectivity index (χ3v) is 5.71. The summed E-state index contributed by atoms with van der Waals surface area (Å²) in [7, 11) is 0. The van der Waals surface area contributed by atoms with Crippen LogP contribution in [0.5, 0.6) is 0 Å². The van der Waals surface area contributed by atoms with Gasteiger partial charge in [-0.3, -0.25) is 4.90 Å². The van der Waals surface area contributed by atoms with Crippen molar-refractivity contribution in [2.24, 2.45) is 17.6 Å². The highest BCUT2D eigenvalue weighted by molar-refractivity contribution is 4.97. The van der Waals surface area contributed by atoms with E-state index in [0.717, 1.165) is 18.4 Å². The van der Waals surface area contributed by atoms with Crippen LogP contribution in [0.3, 0.4) is 0 Å². The Bertz CT molecular complexity index is 256. The molecule has 2 aliphatic rings. The Morgan fingerprint density at radius 3 is 2.26 bits per heavy atom. The fraction of sp³-hybridized carbons (Fsp3) is 1.00. The van der Waals surface area contributed by atoms with Gasteiger partial charge in [-0.1, -0.05) is 46.0 Å². The Morgan fingerprint density at radius 2 is 1.68 bits per heavy atom. The summed E-state index contributed by atoms with van der Waals surface area (Å²) in [5.41, 5.74) is 6.62. The average molecular weight is 266 g/mol. The lowest BCUT2D eigenvalue weighted by Crippen LogP contribution is -2.57. The Labute approximate surface area is 120 Å². The maximum Gasteiger partial charge on any atom is 0.0334 e. The summed E-state index contributed by atoms with van der Waals surface area (Å²) in [6.07, 6.45) is 12.5. The van der Waals surface area contributed by atoms with Crippen LogP contribution < -0.4 is 5.73 Å². The van der Waals surface area contributed by atoms with Gasteiger partial charge in [0.05, 0.1) is 0 Å². The van der Waals surface area contributed by atoms with Crippen molar-refractivity contribution in [1.29, 1.82) is 0 Å². The first-order valence-electron chi connectivity index (χ1n) is 8.63. The molecule has 0 aromatic rings. The second-order valence-electron chi connectivity index (χ2n) is 7.28. The Hall–Kier alpha value is -0.0800. The summed E-state index contributed by atoms with van der Waals surface area (Å²) in [6, 6.07) is 0. The third kappa shape index (κ3) is 3.72. The Morgan fingerprint density at radius 1 is 1.05 bits per heavy atom. The van der Waals surface area contributed by atoms with E-state index >= 15 is 0 Å². The van der Waals surface area contributed by atoms with Crippen molar-refractivity contribution in [1.82, 2.24) is 4.90 Å². The van der Waals surface area contributed by atoms with Crippen molar-refractivity contribution in [3.8, 4) is 0 Å². The quantitative estimate of drug-likeness (QED) is 0.842. The van der Waals surface area contributed by atoms with Crippen molar-refractivity contribution in [2.75, 3.05) is 19.6 Å². The molecule has 2 nitrogen and oxygen atoms in total. The second kappa shape index (κ2) is 7.08. The number of likely N-dealkylation sites (tertiary alicyclic amines) is 1. The van der Waals surface area contributed by atoms with E-state index in [1.165, 1.54) is 70.9 Å². The predicted molar refractivity (Wildman–Crippen MR) is 83.2 cm³/mol. The number of rotatable bonds is 3. The van der Waals surface area contributed by atoms with Gasteiger partial charge in [0.25, 0.3) is 0 Å². The molecule has 0 bridgehead atoms. The first kappa shape index (κ1) is 15.3. The summed E-state index contributed by atoms with van der Waals surface area (Å²) >= 11 is 0. The molecule has 1 saturated carbocycles. The van der Waals surface area contributed by atoms with Crippen molar-refractivity contribution >= 4 is 0 Å². The van der Waals surface area contributed by atoms with Gasteiger partial charge in [-0.2, -0.15) is 0 Å². The molecule has 1 aliphatic heterocycles. The van der Waals surface area contributed by atoms with E-state index in [2.05, 4.69) is 18.7 Å². The van der Waals surface area contributed by atoms with Crippen molar-refractivity contribution < 1.29 is 0 Å². The van der Waals surface area contributed by atoms with Crippen LogP contribution in [0.25, 0.3) is 0 Å². The molecule has 0 radical (unpaired) electrons. The molecule has 2 atom stereocenters. The van der Waals surface area contributed by atoms with Crippen molar-refractivity contribution in [2.45, 2.75) is 77.2 Å². The molecule has 0 amide bonds. The van der Waals surface area contributed by atoms with Gasteiger partial charge in [0.15, 0.2) is 0 Å². The minimum Gasteiger partial charge on any atom is -0.329 e. The lowest BCUT2D eigenvalue weighted by molar-refractivity contribution is 0.0200. The highest BCUT2D eigenvalue weighted by Gasteiger charge is 2.40. The minimum atomic E-state index is 0.338. The van der Waals surface area contributed by atoms with Crippen LogP contribution in [-0.4, -0.2) is 30.1 Å². The molecule has 0 aromatic heterocycles. The molecule has 0 aromatic carbocycles. The van der Waals surface area contributed by atoms with Gasteiger partial charge in [0.2, 0.25) is 0 Å². The largest absolute Gasteiger partial charge is 0.329 e. The molecular formula is C17H34N2. The summed E-state index contributed by atoms with van der Waals surface area (Å²) in [5, 5.41) is 0. The molecule has 19 heavy (non-hydrogen) atoms. The van der Waals surface area contributed by atoms with Crippen LogP contribution in [0.15, 0.2) is 0 Å². The molecule has 2 rings (SSSR count). The van der Waals surface area contributed by atoms with Gasteiger partial charge in [0, 0.05) is 12.1 Å². The first-order valence-corrected chi connectivity index (χ1v) is 8.63. The van der Waals surface area contributed by atoms with Gasteiger partial charge in [-0.25, -0.2) is 0 Å². The zero-order valence-electron chi connectivity index (χ0n) is 13.2. The number of hydrogen-bond acceptors (Lipinski definition) is 2. The van der Waals surface area contributed by atoms with Crippen LogP contribution in [0.4, 0.5) is 0 Å². The van der Waals surface area contributed by atoms with Crippen LogP contribution in [0, 0.1) is 11.8 Å². The average Bonchev–Trinajstić information content (AvgIpc) is 2.38. The fourth-order valence-corrected chi connectivity index (χ4v) is 4.28. The monoisotopic (exact) mass is 266 g/mol. The van der Waals surface area contributed by atoms with Crippen LogP contribution in [0.1, 0.15) is 71.6 Å². The molecule has 1 aliphatic carbocycles. The normalized spacial score (nSPS) is 35.1. The molecular weight excluding hydrogens is 232 g/mol. The zero-order chi connectivity index (χ0) is 13.7. The SMILES string of the molecule is CC(C)C1CCCC(CN)(N2CCCCCCC2)C1. The van der Waals surface area contributed by atoms with E-state index in [-0.39, 0.29) is 0 Å². The maximum atomic E-state index is 6.28. The molecule has 112 valence electrons. The maximum absolute atomic E-state index is 6.28. The molecule has 2 N–H and O–H groups in total. The molecule has 1 saturated heterocycles. The Balaban J connectivity index is 2.06. The topological polar surface area (TPSA) is 29.3 Å². The third-order valence-electron chi connectivity index (χ3n) is 5.71. The van der Waals surface area contributed by atoms with Crippen LogP contribution >= 0.6 is 0 Å². The van der Waals surface area contributed by atoms with E-state index in [1.807, 2.05) is 0 Å². The second-order valence-corrected chi connectivity index (χ2v) is 7.28.